The lowest BCUT2D eigenvalue weighted by Crippen LogP contribution is -2.30. The number of rotatable bonds is 7. The van der Waals surface area contributed by atoms with E-state index in [2.05, 4.69) is 0 Å². The van der Waals surface area contributed by atoms with Crippen LogP contribution in [-0.2, 0) is 11.3 Å². The van der Waals surface area contributed by atoms with Gasteiger partial charge in [0.2, 0.25) is 0 Å². The van der Waals surface area contributed by atoms with Crippen LogP contribution in [0.4, 0.5) is 0 Å². The first kappa shape index (κ1) is 19.1. The van der Waals surface area contributed by atoms with Gasteiger partial charge in [0.05, 0.1) is 6.54 Å². The van der Waals surface area contributed by atoms with Crippen molar-refractivity contribution in [1.29, 1.82) is 0 Å². The Morgan fingerprint density at radius 1 is 1.00 bits per heavy atom. The number of carbonyl (C=O) groups excluding carboxylic acids is 2. The third kappa shape index (κ3) is 5.18. The Morgan fingerprint density at radius 2 is 1.63 bits per heavy atom. The lowest BCUT2D eigenvalue weighted by atomic mass is 10.0. The number of hydrogen-bond donors (Lipinski definition) is 0. The summed E-state index contributed by atoms with van der Waals surface area (Å²) in [7, 11) is 1.75. The highest BCUT2D eigenvalue weighted by Crippen LogP contribution is 2.17. The van der Waals surface area contributed by atoms with Gasteiger partial charge in [-0.1, -0.05) is 17.7 Å². The van der Waals surface area contributed by atoms with Gasteiger partial charge >= 0.3 is 0 Å². The number of thiophene rings is 1. The highest BCUT2D eigenvalue weighted by Gasteiger charge is 2.12. The van der Waals surface area contributed by atoms with Crippen LogP contribution in [0.5, 0.6) is 5.75 Å². The molecule has 0 spiro atoms. The molecule has 0 radical (unpaired) electrons. The Hall–Kier alpha value is -2.63. The number of nitrogens with zero attached hydrogens (tertiary/aromatic N) is 1. The lowest BCUT2D eigenvalue weighted by Gasteiger charge is -2.16. The van der Waals surface area contributed by atoms with Crippen LogP contribution < -0.4 is 4.74 Å². The predicted octanol–water partition coefficient (Wildman–Crippen LogP) is 4.67. The van der Waals surface area contributed by atoms with Crippen molar-refractivity contribution in [2.24, 2.45) is 0 Å². The summed E-state index contributed by atoms with van der Waals surface area (Å²) in [5.41, 5.74) is 1.12. The Labute approximate surface area is 167 Å². The molecule has 0 unspecified atom stereocenters. The van der Waals surface area contributed by atoms with Crippen LogP contribution in [0.1, 0.15) is 20.8 Å². The monoisotopic (exact) mass is 399 g/mol. The second kappa shape index (κ2) is 8.84. The fraction of sp³-hybridized carbons (Fsp3) is 0.143. The Kier molecular flexibility index (Phi) is 6.27. The normalized spacial score (nSPS) is 10.4. The van der Waals surface area contributed by atoms with Crippen LogP contribution in [-0.4, -0.2) is 30.2 Å². The number of ketones is 1. The molecule has 2 aromatic carbocycles. The maximum Gasteiger partial charge on any atom is 0.260 e. The Morgan fingerprint density at radius 3 is 2.22 bits per heavy atom. The zero-order valence-corrected chi connectivity index (χ0v) is 16.3. The molecule has 1 heterocycles. The van der Waals surface area contributed by atoms with Crippen molar-refractivity contribution in [1.82, 2.24) is 4.90 Å². The first-order valence-electron chi connectivity index (χ1n) is 8.32. The fourth-order valence-corrected chi connectivity index (χ4v) is 3.33. The molecule has 0 saturated carbocycles. The predicted molar refractivity (Wildman–Crippen MR) is 108 cm³/mol. The molecule has 1 amide bonds. The molecule has 0 aliphatic rings. The Balaban J connectivity index is 1.55. The van der Waals surface area contributed by atoms with Crippen molar-refractivity contribution in [2.45, 2.75) is 6.54 Å². The minimum absolute atomic E-state index is 0.0493. The zero-order valence-electron chi connectivity index (χ0n) is 14.7. The van der Waals surface area contributed by atoms with E-state index in [-0.39, 0.29) is 18.3 Å². The van der Waals surface area contributed by atoms with E-state index in [1.807, 2.05) is 17.5 Å². The molecule has 3 aromatic rings. The van der Waals surface area contributed by atoms with Crippen molar-refractivity contribution in [3.8, 4) is 5.75 Å². The molecule has 0 aliphatic heterocycles. The third-order valence-corrected chi connectivity index (χ3v) is 5.10. The van der Waals surface area contributed by atoms with Gasteiger partial charge in [-0.05, 0) is 60.0 Å². The zero-order chi connectivity index (χ0) is 19.2. The van der Waals surface area contributed by atoms with Crippen LogP contribution in [0.15, 0.2) is 66.0 Å². The number of likely N-dealkylation sites (N-methyl/N-ethyl adjacent to an activating group) is 1. The van der Waals surface area contributed by atoms with Gasteiger partial charge in [0.1, 0.15) is 5.75 Å². The van der Waals surface area contributed by atoms with Gasteiger partial charge in [0.25, 0.3) is 5.91 Å². The minimum atomic E-state index is -0.107. The number of benzene rings is 2. The molecular weight excluding hydrogens is 382 g/mol. The highest BCUT2D eigenvalue weighted by atomic mass is 35.5. The van der Waals surface area contributed by atoms with E-state index in [0.29, 0.717) is 28.4 Å². The molecule has 0 N–H and O–H groups in total. The smallest absolute Gasteiger partial charge is 0.260 e. The van der Waals surface area contributed by atoms with Gasteiger partial charge in [-0.3, -0.25) is 9.59 Å². The number of ether oxygens (including phenoxy) is 1. The maximum absolute atomic E-state index is 12.4. The molecule has 0 aliphatic carbocycles. The molecular formula is C21H18ClNO3S. The molecule has 0 saturated heterocycles. The van der Waals surface area contributed by atoms with E-state index in [0.717, 1.165) is 4.88 Å². The first-order chi connectivity index (χ1) is 13.0. The minimum Gasteiger partial charge on any atom is -0.484 e. The van der Waals surface area contributed by atoms with Gasteiger partial charge in [-0.2, -0.15) is 0 Å². The van der Waals surface area contributed by atoms with Crippen LogP contribution in [0, 0.1) is 0 Å². The van der Waals surface area contributed by atoms with Gasteiger partial charge < -0.3 is 9.64 Å². The summed E-state index contributed by atoms with van der Waals surface area (Å²) in [6, 6.07) is 17.5. The molecule has 6 heteroatoms. The quantitative estimate of drug-likeness (QED) is 0.542. The van der Waals surface area contributed by atoms with E-state index in [1.165, 1.54) is 0 Å². The summed E-state index contributed by atoms with van der Waals surface area (Å²) in [4.78, 5) is 27.4. The molecule has 0 fully saturated rings. The van der Waals surface area contributed by atoms with E-state index in [9.17, 15) is 9.59 Å². The second-order valence-electron chi connectivity index (χ2n) is 5.98. The summed E-state index contributed by atoms with van der Waals surface area (Å²) in [5.74, 6) is 0.343. The molecule has 1 aromatic heterocycles. The van der Waals surface area contributed by atoms with Gasteiger partial charge in [0, 0.05) is 28.1 Å². The summed E-state index contributed by atoms with van der Waals surface area (Å²) < 4.78 is 5.55. The first-order valence-corrected chi connectivity index (χ1v) is 9.58. The van der Waals surface area contributed by atoms with Crippen molar-refractivity contribution in [3.05, 3.63) is 87.1 Å². The van der Waals surface area contributed by atoms with Crippen LogP contribution in [0.3, 0.4) is 0 Å². The van der Waals surface area contributed by atoms with Gasteiger partial charge in [-0.25, -0.2) is 0 Å². The molecule has 0 bridgehead atoms. The molecule has 138 valence electrons. The largest absolute Gasteiger partial charge is 0.484 e. The summed E-state index contributed by atoms with van der Waals surface area (Å²) in [6.45, 7) is 0.515. The average molecular weight is 400 g/mol. The molecule has 4 nitrogen and oxygen atoms in total. The third-order valence-electron chi connectivity index (χ3n) is 3.98. The standard InChI is InChI=1S/C21H18ClNO3S/c1-23(13-19-3-2-12-27-19)20(24)14-26-18-10-6-16(7-11-18)21(25)15-4-8-17(22)9-5-15/h2-12H,13-14H2,1H3. The fourth-order valence-electron chi connectivity index (χ4n) is 2.45. The van der Waals surface area contributed by atoms with Crippen LogP contribution in [0.25, 0.3) is 0 Å². The van der Waals surface area contributed by atoms with Crippen molar-refractivity contribution >= 4 is 34.6 Å². The second-order valence-corrected chi connectivity index (χ2v) is 7.45. The van der Waals surface area contributed by atoms with E-state index < -0.39 is 0 Å². The molecule has 3 rings (SSSR count). The van der Waals surface area contributed by atoms with Gasteiger partial charge in [0.15, 0.2) is 12.4 Å². The molecule has 0 atom stereocenters. The van der Waals surface area contributed by atoms with E-state index >= 15 is 0 Å². The average Bonchev–Trinajstić information content (AvgIpc) is 3.19. The Bertz CT molecular complexity index is 906. The topological polar surface area (TPSA) is 46.6 Å². The van der Waals surface area contributed by atoms with Crippen molar-refractivity contribution in [3.63, 3.8) is 0 Å². The number of halogens is 1. The molecule has 27 heavy (non-hydrogen) atoms. The number of carbonyl (C=O) groups is 2. The maximum atomic E-state index is 12.4. The highest BCUT2D eigenvalue weighted by molar-refractivity contribution is 7.09. The summed E-state index contributed by atoms with van der Waals surface area (Å²) in [6.07, 6.45) is 0. The number of amides is 1. The van der Waals surface area contributed by atoms with Crippen LogP contribution >= 0.6 is 22.9 Å². The van der Waals surface area contributed by atoms with E-state index in [4.69, 9.17) is 16.3 Å². The van der Waals surface area contributed by atoms with Crippen molar-refractivity contribution < 1.29 is 14.3 Å². The van der Waals surface area contributed by atoms with Gasteiger partial charge in [-0.15, -0.1) is 11.3 Å². The summed E-state index contributed by atoms with van der Waals surface area (Å²) >= 11 is 7.46. The lowest BCUT2D eigenvalue weighted by molar-refractivity contribution is -0.132. The summed E-state index contributed by atoms with van der Waals surface area (Å²) in [5, 5.41) is 2.57. The van der Waals surface area contributed by atoms with E-state index in [1.54, 1.807) is 71.8 Å². The van der Waals surface area contributed by atoms with Crippen LogP contribution in [0.2, 0.25) is 5.02 Å². The SMILES string of the molecule is CN(Cc1cccs1)C(=O)COc1ccc(C(=O)c2ccc(Cl)cc2)cc1. The number of hydrogen-bond acceptors (Lipinski definition) is 4. The van der Waals surface area contributed by atoms with Crippen molar-refractivity contribution in [2.75, 3.05) is 13.7 Å².